The predicted octanol–water partition coefficient (Wildman–Crippen LogP) is 40.6. The van der Waals surface area contributed by atoms with Gasteiger partial charge in [-0.15, -0.1) is 0 Å². The van der Waals surface area contributed by atoms with E-state index in [1.54, 1.807) is 54.6 Å². The first kappa shape index (κ1) is 53.4. The summed E-state index contributed by atoms with van der Waals surface area (Å²) in [6.07, 6.45) is 0. The van der Waals surface area contributed by atoms with E-state index < -0.39 is 252 Å². The van der Waals surface area contributed by atoms with Crippen molar-refractivity contribution in [1.29, 1.82) is 0 Å². The van der Waals surface area contributed by atoms with Gasteiger partial charge < -0.3 is 13.3 Å². The summed E-state index contributed by atoms with van der Waals surface area (Å²) >= 11 is 0. The molecule has 0 saturated heterocycles. The molecule has 3 heterocycles. The van der Waals surface area contributed by atoms with Crippen molar-refractivity contribution in [2.24, 2.45) is 0 Å². The van der Waals surface area contributed by atoms with E-state index in [1.165, 1.54) is 0 Å². The molecule has 30 aromatic rings. The van der Waals surface area contributed by atoms with Crippen molar-refractivity contribution in [2.75, 3.05) is 0 Å². The lowest BCUT2D eigenvalue weighted by Gasteiger charge is -2.18. The van der Waals surface area contributed by atoms with Crippen LogP contribution in [0.25, 0.3) is 296 Å². The summed E-state index contributed by atoms with van der Waals surface area (Å²) < 4.78 is 367. The average molecular weight is 1880 g/mol. The molecule has 27 aromatic carbocycles. The minimum absolute atomic E-state index is 0.0438. The number of fused-ring (bicyclic) bond motifs is 21. The van der Waals surface area contributed by atoms with Crippen LogP contribution >= 0.6 is 0 Å². The van der Waals surface area contributed by atoms with Crippen LogP contribution in [-0.2, 0) is 0 Å². The van der Waals surface area contributed by atoms with Gasteiger partial charge in [0.25, 0.3) is 0 Å². The van der Waals surface area contributed by atoms with Crippen LogP contribution in [0.1, 0.15) is 53.5 Å². The third-order valence-corrected chi connectivity index (χ3v) is 27.4. The fraction of sp³-hybridized carbons (Fsp3) is 0. The SMILES string of the molecule is [2H]c1c([2H])c([2H])c(-c2c3c([2H])c([2H])c([2H])c([2H])c3c(-c3cccc4oc5cc(-c6cccc(-c7ccccc7-c7ccccc7)c6)ccc5c34)c3c([2H])c([2H])c([2H])c([2H])c23)c([2H])c1[2H].[2H]c1c([2H])c([2H])c(-c2c3c([2H])c([2H])c([2H])c([2H])c3c(-c3cccc4oc5ccc(-c6cc7ccccc7c7ccccc67)cc5c34)c3c([2H])c([2H])c([2H])c([2H])c23)c([2H])c1[2H].[2H]c1c([2H])c([2H])c(-c2c3c([2H])c([2H])c([2H])c([2H])c3c(-c3cccc4oc5cccc(-c6ccc7ccc8ccccc8c7c6)c5c34)c3c([2H])c([2H])c([2H])c([2H])c23)c([2H])c1[2H]. The second-order valence-electron chi connectivity index (χ2n) is 35.1. The zero-order chi connectivity index (χ0) is 129. The van der Waals surface area contributed by atoms with Crippen molar-refractivity contribution >= 4 is 174 Å². The summed E-state index contributed by atoms with van der Waals surface area (Å²) in [6.45, 7) is 0. The topological polar surface area (TPSA) is 39.4 Å². The van der Waals surface area contributed by atoms with Crippen molar-refractivity contribution < 1.29 is 66.7 Å². The van der Waals surface area contributed by atoms with Gasteiger partial charge in [-0.25, -0.2) is 0 Å². The van der Waals surface area contributed by atoms with Crippen LogP contribution in [0.15, 0.2) is 546 Å². The molecule has 0 bridgehead atoms. The van der Waals surface area contributed by atoms with Gasteiger partial charge >= 0.3 is 0 Å². The maximum Gasteiger partial charge on any atom is 0.136 e. The molecule has 30 rings (SSSR count). The van der Waals surface area contributed by atoms with E-state index in [0.717, 1.165) is 98.7 Å². The Kier molecular flexibility index (Phi) is 12.9. The molecule has 0 saturated carbocycles. The summed E-state index contributed by atoms with van der Waals surface area (Å²) in [5.74, 6) is 0. The Morgan fingerprint density at radius 1 is 0.124 bits per heavy atom. The Morgan fingerprint density at radius 2 is 0.434 bits per heavy atom. The molecular formula is C142H88O3. The van der Waals surface area contributed by atoms with E-state index in [2.05, 4.69) is 97.1 Å². The van der Waals surface area contributed by atoms with Crippen LogP contribution in [0.3, 0.4) is 0 Å². The lowest BCUT2D eigenvalue weighted by Crippen LogP contribution is -1.91. The Hall–Kier alpha value is -19.1. The summed E-state index contributed by atoms with van der Waals surface area (Å²) in [4.78, 5) is 0. The van der Waals surface area contributed by atoms with E-state index in [0.29, 0.717) is 82.5 Å². The normalized spacial score (nSPS) is 15.5. The molecule has 145 heavy (non-hydrogen) atoms. The maximum atomic E-state index is 9.45. The molecule has 0 amide bonds. The van der Waals surface area contributed by atoms with Crippen LogP contribution in [0.5, 0.6) is 0 Å². The van der Waals surface area contributed by atoms with Gasteiger partial charge in [-0.1, -0.05) is 466 Å². The molecule has 0 unspecified atom stereocenters. The highest BCUT2D eigenvalue weighted by molar-refractivity contribution is 6.31. The van der Waals surface area contributed by atoms with Crippen LogP contribution in [0.2, 0.25) is 0 Å². The molecule has 0 aliphatic carbocycles. The molecule has 0 fully saturated rings. The highest BCUT2D eigenvalue weighted by Crippen LogP contribution is 2.54. The largest absolute Gasteiger partial charge is 0.456 e. The van der Waals surface area contributed by atoms with Crippen molar-refractivity contribution in [3.8, 4) is 122 Å². The lowest BCUT2D eigenvalue weighted by molar-refractivity contribution is 0.668. The highest BCUT2D eigenvalue weighted by atomic mass is 16.3. The quantitative estimate of drug-likeness (QED) is 0.0957. The van der Waals surface area contributed by atoms with E-state index in [4.69, 9.17) is 50.3 Å². The number of furan rings is 3. The van der Waals surface area contributed by atoms with Crippen molar-refractivity contribution in [2.45, 2.75) is 0 Å². The van der Waals surface area contributed by atoms with E-state index in [1.807, 2.05) is 146 Å². The molecule has 674 valence electrons. The summed E-state index contributed by atoms with van der Waals surface area (Å²) in [5, 5.41) is 9.39. The van der Waals surface area contributed by atoms with Crippen LogP contribution in [-0.4, -0.2) is 0 Å². The van der Waals surface area contributed by atoms with E-state index in [9.17, 15) is 16.4 Å². The molecule has 0 N–H and O–H groups in total. The van der Waals surface area contributed by atoms with Crippen LogP contribution < -0.4 is 0 Å². The minimum atomic E-state index is -0.722. The Balaban J connectivity index is 0.000000125. The number of hydrogen-bond acceptors (Lipinski definition) is 3. The predicted molar refractivity (Wildman–Crippen MR) is 616 cm³/mol. The zero-order valence-electron chi connectivity index (χ0n) is 115. The van der Waals surface area contributed by atoms with Crippen molar-refractivity contribution in [3.63, 3.8) is 0 Å². The summed E-state index contributed by atoms with van der Waals surface area (Å²) in [7, 11) is 0. The molecular weight excluding hydrogens is 1750 g/mol. The summed E-state index contributed by atoms with van der Waals surface area (Å²) in [5.41, 5.74) is 11.0. The van der Waals surface area contributed by atoms with E-state index >= 15 is 0 Å². The Morgan fingerprint density at radius 3 is 0.945 bits per heavy atom. The van der Waals surface area contributed by atoms with Gasteiger partial charge in [0.1, 0.15) is 33.5 Å². The second kappa shape index (κ2) is 35.1. The molecule has 3 heteroatoms. The fourth-order valence-electron chi connectivity index (χ4n) is 21.2. The molecule has 3 aromatic heterocycles. The van der Waals surface area contributed by atoms with Gasteiger partial charge in [-0.3, -0.25) is 0 Å². The van der Waals surface area contributed by atoms with Crippen molar-refractivity contribution in [1.82, 2.24) is 0 Å². The van der Waals surface area contributed by atoms with Crippen LogP contribution in [0.4, 0.5) is 0 Å². The zero-order valence-corrected chi connectivity index (χ0v) is 76.0. The average Bonchev–Trinajstić information content (AvgIpc) is 1.01. The van der Waals surface area contributed by atoms with Gasteiger partial charge in [0.2, 0.25) is 0 Å². The molecule has 0 spiro atoms. The van der Waals surface area contributed by atoms with Crippen LogP contribution in [0, 0.1) is 0 Å². The van der Waals surface area contributed by atoms with E-state index in [-0.39, 0.29) is 98.0 Å². The first-order chi connectivity index (χ1) is 88.1. The molecule has 0 atom stereocenters. The van der Waals surface area contributed by atoms with Gasteiger partial charge in [-0.05, 0) is 297 Å². The number of rotatable bonds is 11. The number of benzene rings is 27. The van der Waals surface area contributed by atoms with Crippen molar-refractivity contribution in [3.05, 3.63) is 533 Å². The highest BCUT2D eigenvalue weighted by Gasteiger charge is 2.28. The minimum Gasteiger partial charge on any atom is -0.456 e. The fourth-order valence-corrected chi connectivity index (χ4v) is 21.2. The molecule has 0 aliphatic rings. The monoisotopic (exact) mass is 1880 g/mol. The summed E-state index contributed by atoms with van der Waals surface area (Å²) in [6, 6.07) is 70.6. The molecule has 0 aliphatic heterocycles. The first-order valence-electron chi connectivity index (χ1n) is 66.2. The Labute approximate surface area is 891 Å². The van der Waals surface area contributed by atoms with Gasteiger partial charge in [-0.2, -0.15) is 0 Å². The van der Waals surface area contributed by atoms with Gasteiger partial charge in [0, 0.05) is 32.3 Å². The van der Waals surface area contributed by atoms with Gasteiger partial charge in [0.05, 0.1) is 53.5 Å². The van der Waals surface area contributed by atoms with Gasteiger partial charge in [0.15, 0.2) is 0 Å². The lowest BCUT2D eigenvalue weighted by atomic mass is 9.84. The molecule has 0 radical (unpaired) electrons. The number of hydrogen-bond donors (Lipinski definition) is 0. The molecule has 3 nitrogen and oxygen atoms in total. The first-order valence-corrected chi connectivity index (χ1v) is 46.7. The third-order valence-electron chi connectivity index (χ3n) is 27.4. The third kappa shape index (κ3) is 14.2. The standard InChI is InChI=1S/C50H32O.2C46H28O/c1-3-15-33(16-4-1)38-21-7-8-22-39(38)37-20-13-19-35(31-37)36-29-30-44-47(32-36)51-46-28-14-27-45(50(44)46)49-42-25-11-9-23-40(42)48(34-17-5-2-6-18-34)41-24-10-12-26-43(41)49;1-2-13-31(14-3-1)43-35-16-6-8-18-37(35)44(38-19-9-7-17-36(38)43)39-21-11-23-42-46(39)45-34(20-10-22-41(45)47-42)32-27-26-30-25-24-29-12-4-5-15-33(29)40(30)28-32;1-2-13-29(14-3-1)44-35-19-8-10-21-37(35)45(38-22-11-9-20-36(38)44)39-23-12-24-43-46(39)41-28-31(25-26-42(41)47-43)40-27-30-15-4-5-16-32(30)33-17-6-7-18-34(33)40/h1-32H;2*1-28H/i2D,5D,6D,9D,10D,11D,12D,17D,18D,23D,24D,25D,26D;1D,2D,3D,6D,7D,8D,9D,13D,14D,16D,17D,18D,19D;1D,2D,3D,8D,9D,10D,11D,13D,14D,19D,20D,21D,22D. The Bertz CT molecular complexity index is 12800. The second-order valence-corrected chi connectivity index (χ2v) is 35.1. The maximum absolute atomic E-state index is 9.45. The smallest absolute Gasteiger partial charge is 0.136 e.